The van der Waals surface area contributed by atoms with Crippen molar-refractivity contribution in [2.75, 3.05) is 36.8 Å². The lowest BCUT2D eigenvalue weighted by atomic mass is 10.2. The summed E-state index contributed by atoms with van der Waals surface area (Å²) in [4.78, 5) is 33.8. The van der Waals surface area contributed by atoms with Crippen LogP contribution in [0.5, 0.6) is 0 Å². The van der Waals surface area contributed by atoms with Crippen LogP contribution in [0.4, 0.5) is 5.82 Å². The number of rotatable bonds is 3. The number of carbonyl (C=O) groups excluding carboxylic acids is 1. The summed E-state index contributed by atoms with van der Waals surface area (Å²) in [5.41, 5.74) is 3.12. The zero-order valence-corrected chi connectivity index (χ0v) is 17.3. The molecule has 2 aromatic rings. The van der Waals surface area contributed by atoms with Crippen LogP contribution in [-0.2, 0) is 17.6 Å². The molecular weight excluding hydrogens is 388 g/mol. The lowest BCUT2D eigenvalue weighted by Crippen LogP contribution is -2.49. The largest absolute Gasteiger partial charge is 0.352 e. The predicted molar refractivity (Wildman–Crippen MR) is 110 cm³/mol. The van der Waals surface area contributed by atoms with Gasteiger partial charge >= 0.3 is 0 Å². The van der Waals surface area contributed by atoms with Crippen molar-refractivity contribution >= 4 is 23.5 Å². The van der Waals surface area contributed by atoms with Crippen LogP contribution < -0.4 is 10.5 Å². The van der Waals surface area contributed by atoms with Crippen molar-refractivity contribution < 1.29 is 4.79 Å². The molecule has 2 aliphatic heterocycles. The molecule has 152 valence electrons. The van der Waals surface area contributed by atoms with Gasteiger partial charge in [0.05, 0.1) is 11.7 Å². The van der Waals surface area contributed by atoms with Crippen LogP contribution in [0.2, 0.25) is 0 Å². The number of anilines is 1. The van der Waals surface area contributed by atoms with Gasteiger partial charge in [-0.15, -0.1) is 5.10 Å². The first-order valence-corrected chi connectivity index (χ1v) is 11.2. The Hall–Kier alpha value is -2.42. The molecule has 1 unspecified atom stereocenters. The Kier molecular flexibility index (Phi) is 4.77. The Morgan fingerprint density at radius 1 is 1.17 bits per heavy atom. The monoisotopic (exact) mass is 412 g/mol. The Labute approximate surface area is 173 Å². The van der Waals surface area contributed by atoms with Crippen LogP contribution in [0.1, 0.15) is 35.8 Å². The number of piperazine rings is 1. The van der Waals surface area contributed by atoms with E-state index in [4.69, 9.17) is 0 Å². The van der Waals surface area contributed by atoms with Gasteiger partial charge in [0.1, 0.15) is 0 Å². The first-order valence-electron chi connectivity index (χ1n) is 10.2. The Morgan fingerprint density at radius 2 is 2.00 bits per heavy atom. The van der Waals surface area contributed by atoms with Gasteiger partial charge in [0, 0.05) is 50.1 Å². The average Bonchev–Trinajstić information content (AvgIpc) is 3.34. The maximum Gasteiger partial charge on any atom is 0.254 e. The Balaban J connectivity index is 1.21. The lowest BCUT2D eigenvalue weighted by Gasteiger charge is -2.35. The topological polar surface area (TPSA) is 84.2 Å². The van der Waals surface area contributed by atoms with Gasteiger partial charge in [0.15, 0.2) is 11.0 Å². The summed E-state index contributed by atoms with van der Waals surface area (Å²) >= 11 is 1.56. The van der Waals surface area contributed by atoms with Gasteiger partial charge in [-0.1, -0.05) is 11.8 Å². The lowest BCUT2D eigenvalue weighted by molar-refractivity contribution is -0.132. The fourth-order valence-electron chi connectivity index (χ4n) is 4.40. The molecule has 29 heavy (non-hydrogen) atoms. The predicted octanol–water partition coefficient (Wildman–Crippen LogP) is 1.22. The third-order valence-electron chi connectivity index (χ3n) is 5.99. The number of thioether (sulfide) groups is 1. The summed E-state index contributed by atoms with van der Waals surface area (Å²) in [6.45, 7) is 4.69. The summed E-state index contributed by atoms with van der Waals surface area (Å²) in [7, 11) is 0. The number of aromatic nitrogens is 4. The maximum absolute atomic E-state index is 12.9. The first-order chi connectivity index (χ1) is 14.1. The smallest absolute Gasteiger partial charge is 0.254 e. The minimum absolute atomic E-state index is 0.0599. The van der Waals surface area contributed by atoms with E-state index in [1.54, 1.807) is 22.4 Å². The second-order valence-corrected chi connectivity index (χ2v) is 8.94. The van der Waals surface area contributed by atoms with E-state index in [0.717, 1.165) is 60.5 Å². The van der Waals surface area contributed by atoms with Gasteiger partial charge < -0.3 is 9.80 Å². The van der Waals surface area contributed by atoms with Crippen LogP contribution in [-0.4, -0.2) is 62.5 Å². The zero-order valence-electron chi connectivity index (χ0n) is 16.5. The fraction of sp³-hybridized carbons (Fsp3) is 0.550. The van der Waals surface area contributed by atoms with E-state index in [9.17, 15) is 9.59 Å². The van der Waals surface area contributed by atoms with Crippen molar-refractivity contribution in [3.8, 4) is 0 Å². The van der Waals surface area contributed by atoms with Crippen molar-refractivity contribution in [3.05, 3.63) is 39.4 Å². The van der Waals surface area contributed by atoms with E-state index in [1.165, 1.54) is 5.56 Å². The number of hydrogen-bond acceptors (Lipinski definition) is 7. The molecule has 1 aliphatic carbocycles. The van der Waals surface area contributed by atoms with E-state index >= 15 is 0 Å². The number of hydrogen-bond donors (Lipinski definition) is 0. The molecule has 1 amide bonds. The molecule has 4 heterocycles. The molecule has 2 aromatic heterocycles. The molecule has 3 aliphatic rings. The molecule has 5 rings (SSSR count). The van der Waals surface area contributed by atoms with Gasteiger partial charge in [0.25, 0.3) is 5.56 Å². The van der Waals surface area contributed by atoms with Gasteiger partial charge in [-0.05, 0) is 37.8 Å². The highest BCUT2D eigenvalue weighted by molar-refractivity contribution is 7.99. The van der Waals surface area contributed by atoms with Crippen molar-refractivity contribution in [1.29, 1.82) is 0 Å². The van der Waals surface area contributed by atoms with Crippen molar-refractivity contribution in [3.63, 3.8) is 0 Å². The number of nitrogens with zero attached hydrogens (tertiary/aromatic N) is 6. The number of fused-ring (bicyclic) bond motifs is 2. The number of aryl methyl sites for hydroxylation is 3. The molecule has 0 aromatic carbocycles. The third kappa shape index (κ3) is 3.52. The minimum Gasteiger partial charge on any atom is -0.352 e. The fourth-order valence-corrected chi connectivity index (χ4v) is 5.60. The van der Waals surface area contributed by atoms with Gasteiger partial charge in [-0.25, -0.2) is 4.98 Å². The highest BCUT2D eigenvalue weighted by atomic mass is 32.2. The summed E-state index contributed by atoms with van der Waals surface area (Å²) in [5.74, 6) is 1.75. The Morgan fingerprint density at radius 3 is 2.83 bits per heavy atom. The summed E-state index contributed by atoms with van der Waals surface area (Å²) in [6, 6.07) is 3.60. The molecular formula is C20H24N6O2S. The highest BCUT2D eigenvalue weighted by Crippen LogP contribution is 2.32. The normalized spacial score (nSPS) is 20.7. The number of carbonyl (C=O) groups is 1. The van der Waals surface area contributed by atoms with Gasteiger partial charge in [-0.3, -0.25) is 14.2 Å². The molecule has 9 heteroatoms. The third-order valence-corrected chi connectivity index (χ3v) is 7.09. The van der Waals surface area contributed by atoms with E-state index in [-0.39, 0.29) is 17.5 Å². The van der Waals surface area contributed by atoms with Crippen LogP contribution in [0.15, 0.2) is 22.1 Å². The molecule has 8 nitrogen and oxygen atoms in total. The van der Waals surface area contributed by atoms with Crippen molar-refractivity contribution in [2.45, 2.75) is 43.8 Å². The molecule has 1 fully saturated rings. The van der Waals surface area contributed by atoms with Crippen LogP contribution in [0.3, 0.4) is 0 Å². The zero-order chi connectivity index (χ0) is 20.0. The van der Waals surface area contributed by atoms with E-state index in [2.05, 4.69) is 26.1 Å². The van der Waals surface area contributed by atoms with Gasteiger partial charge in [0.2, 0.25) is 5.91 Å². The van der Waals surface area contributed by atoms with E-state index in [1.807, 2.05) is 11.8 Å². The molecule has 1 saturated heterocycles. The maximum atomic E-state index is 12.9. The average molecular weight is 413 g/mol. The summed E-state index contributed by atoms with van der Waals surface area (Å²) in [5, 5.41) is 9.50. The van der Waals surface area contributed by atoms with Crippen molar-refractivity contribution in [1.82, 2.24) is 24.6 Å². The molecule has 0 saturated carbocycles. The van der Waals surface area contributed by atoms with Crippen molar-refractivity contribution in [2.24, 2.45) is 0 Å². The summed E-state index contributed by atoms with van der Waals surface area (Å²) < 4.78 is 1.69. The quantitative estimate of drug-likeness (QED) is 0.701. The summed E-state index contributed by atoms with van der Waals surface area (Å²) in [6.07, 6.45) is 3.64. The van der Waals surface area contributed by atoms with Crippen LogP contribution >= 0.6 is 11.8 Å². The molecule has 1 atom stereocenters. The second-order valence-electron chi connectivity index (χ2n) is 7.95. The first kappa shape index (κ1) is 18.6. The molecule has 0 radical (unpaired) electrons. The SMILES string of the molecule is Cc1cc(=O)n2c(n1)SCC2CC(=O)N1CCN(c2cc3c(nn2)CCC3)CC1. The number of amides is 1. The minimum atomic E-state index is -0.108. The van der Waals surface area contributed by atoms with Crippen LogP contribution in [0.25, 0.3) is 0 Å². The van der Waals surface area contributed by atoms with Gasteiger partial charge in [-0.2, -0.15) is 5.10 Å². The highest BCUT2D eigenvalue weighted by Gasteiger charge is 2.30. The molecule has 0 N–H and O–H groups in total. The van der Waals surface area contributed by atoms with E-state index < -0.39 is 0 Å². The molecule has 0 spiro atoms. The standard InChI is InChI=1S/C20H24N6O2S/c1-13-9-19(28)26-15(12-29-20(26)21-13)11-18(27)25-7-5-24(6-8-25)17-10-14-3-2-4-16(14)22-23-17/h9-10,15H,2-8,11-12H2,1H3. The Bertz CT molecular complexity index is 1010. The second kappa shape index (κ2) is 7.44. The van der Waals surface area contributed by atoms with Crippen LogP contribution in [0, 0.1) is 6.92 Å². The van der Waals surface area contributed by atoms with E-state index in [0.29, 0.717) is 19.5 Å². The molecule has 0 bridgehead atoms.